The van der Waals surface area contributed by atoms with Gasteiger partial charge in [-0.15, -0.1) is 0 Å². The van der Waals surface area contributed by atoms with Gasteiger partial charge in [0.05, 0.1) is 10.6 Å². The molecule has 0 unspecified atom stereocenters. The van der Waals surface area contributed by atoms with Crippen LogP contribution in [0.15, 0.2) is 18.2 Å². The van der Waals surface area contributed by atoms with Gasteiger partial charge in [-0.2, -0.15) is 13.2 Å². The van der Waals surface area contributed by atoms with E-state index in [9.17, 15) is 18.0 Å². The monoisotopic (exact) mass is 365 g/mol. The fraction of sp³-hybridized carbons (Fsp3) is 0.562. The maximum atomic E-state index is 12.8. The first-order chi connectivity index (χ1) is 11.0. The first-order valence-electron chi connectivity index (χ1n) is 7.69. The van der Waals surface area contributed by atoms with Gasteiger partial charge in [-0.05, 0) is 45.9 Å². The van der Waals surface area contributed by atoms with Gasteiger partial charge in [0.1, 0.15) is 0 Å². The third-order valence-electron chi connectivity index (χ3n) is 3.51. The summed E-state index contributed by atoms with van der Waals surface area (Å²) in [6.45, 7) is 9.29. The number of hydrogen-bond donors (Lipinski definition) is 2. The zero-order chi connectivity index (χ0) is 18.5. The summed E-state index contributed by atoms with van der Waals surface area (Å²) in [5.74, 6) is 0. The first-order valence-corrected chi connectivity index (χ1v) is 8.07. The van der Waals surface area contributed by atoms with Gasteiger partial charge >= 0.3 is 12.2 Å². The number of benzene rings is 1. The van der Waals surface area contributed by atoms with Crippen molar-refractivity contribution in [2.75, 3.05) is 18.4 Å². The third-order valence-corrected chi connectivity index (χ3v) is 3.84. The lowest BCUT2D eigenvalue weighted by atomic mass is 10.2. The minimum absolute atomic E-state index is 0.0359. The quantitative estimate of drug-likeness (QED) is 0.773. The van der Waals surface area contributed by atoms with Crippen LogP contribution >= 0.6 is 11.6 Å². The molecule has 4 nitrogen and oxygen atoms in total. The molecular formula is C16H23ClF3N3O. The third kappa shape index (κ3) is 6.20. The van der Waals surface area contributed by atoms with E-state index in [1.54, 1.807) is 0 Å². The molecule has 1 aromatic carbocycles. The van der Waals surface area contributed by atoms with E-state index in [2.05, 4.69) is 43.2 Å². The van der Waals surface area contributed by atoms with Gasteiger partial charge < -0.3 is 10.6 Å². The van der Waals surface area contributed by atoms with Gasteiger partial charge in [0.15, 0.2) is 0 Å². The predicted octanol–water partition coefficient (Wildman–Crippen LogP) is 4.60. The molecule has 0 fully saturated rings. The van der Waals surface area contributed by atoms with Crippen LogP contribution in [0.4, 0.5) is 23.7 Å². The number of amides is 2. The molecule has 2 amide bonds. The topological polar surface area (TPSA) is 44.4 Å². The zero-order valence-corrected chi connectivity index (χ0v) is 14.9. The normalized spacial score (nSPS) is 12.1. The second-order valence-electron chi connectivity index (χ2n) is 6.00. The van der Waals surface area contributed by atoms with Crippen LogP contribution in [-0.4, -0.2) is 36.1 Å². The van der Waals surface area contributed by atoms with E-state index in [1.807, 2.05) is 0 Å². The van der Waals surface area contributed by atoms with E-state index >= 15 is 0 Å². The zero-order valence-electron chi connectivity index (χ0n) is 14.2. The maximum absolute atomic E-state index is 12.8. The highest BCUT2D eigenvalue weighted by Gasteiger charge is 2.33. The Balaban J connectivity index is 2.60. The van der Waals surface area contributed by atoms with Crippen molar-refractivity contribution in [3.63, 3.8) is 0 Å². The largest absolute Gasteiger partial charge is 0.417 e. The molecule has 1 aromatic rings. The summed E-state index contributed by atoms with van der Waals surface area (Å²) in [4.78, 5) is 14.0. The Kier molecular flexibility index (Phi) is 7.35. The Hall–Kier alpha value is -1.47. The van der Waals surface area contributed by atoms with E-state index in [0.29, 0.717) is 25.2 Å². The Bertz CT molecular complexity index is 554. The molecule has 0 heterocycles. The highest BCUT2D eigenvalue weighted by atomic mass is 35.5. The Morgan fingerprint density at radius 3 is 2.29 bits per heavy atom. The van der Waals surface area contributed by atoms with Gasteiger partial charge in [-0.1, -0.05) is 11.6 Å². The number of carbonyl (C=O) groups excluding carboxylic acids is 1. The van der Waals surface area contributed by atoms with Gasteiger partial charge in [0.2, 0.25) is 0 Å². The predicted molar refractivity (Wildman–Crippen MR) is 90.5 cm³/mol. The number of rotatable bonds is 6. The fourth-order valence-electron chi connectivity index (χ4n) is 2.41. The highest BCUT2D eigenvalue weighted by molar-refractivity contribution is 6.31. The summed E-state index contributed by atoms with van der Waals surface area (Å²) in [6, 6.07) is 3.36. The lowest BCUT2D eigenvalue weighted by Gasteiger charge is -2.30. The molecule has 0 aliphatic heterocycles. The highest BCUT2D eigenvalue weighted by Crippen LogP contribution is 2.36. The number of nitrogens with zero attached hydrogens (tertiary/aromatic N) is 1. The van der Waals surface area contributed by atoms with Crippen LogP contribution in [0, 0.1) is 0 Å². The smallest absolute Gasteiger partial charge is 0.337 e. The van der Waals surface area contributed by atoms with Crippen LogP contribution in [-0.2, 0) is 6.18 Å². The van der Waals surface area contributed by atoms with E-state index in [4.69, 9.17) is 11.6 Å². The Morgan fingerprint density at radius 2 is 1.79 bits per heavy atom. The summed E-state index contributed by atoms with van der Waals surface area (Å²) in [5, 5.41) is 4.62. The molecule has 1 rings (SSSR count). The van der Waals surface area contributed by atoms with E-state index in [1.165, 1.54) is 6.07 Å². The molecule has 0 spiro atoms. The van der Waals surface area contributed by atoms with E-state index in [0.717, 1.165) is 12.1 Å². The van der Waals surface area contributed by atoms with E-state index in [-0.39, 0.29) is 5.69 Å². The molecule has 0 atom stereocenters. The summed E-state index contributed by atoms with van der Waals surface area (Å²) >= 11 is 5.54. The fourth-order valence-corrected chi connectivity index (χ4v) is 2.63. The van der Waals surface area contributed by atoms with Crippen molar-refractivity contribution in [2.45, 2.75) is 46.0 Å². The molecule has 8 heteroatoms. The van der Waals surface area contributed by atoms with Crippen LogP contribution in [0.5, 0.6) is 0 Å². The van der Waals surface area contributed by atoms with E-state index < -0.39 is 22.8 Å². The average molecular weight is 366 g/mol. The molecule has 0 bridgehead atoms. The van der Waals surface area contributed by atoms with Gasteiger partial charge in [0, 0.05) is 30.9 Å². The second kappa shape index (κ2) is 8.58. The van der Waals surface area contributed by atoms with Crippen molar-refractivity contribution in [1.29, 1.82) is 0 Å². The first kappa shape index (κ1) is 20.6. The minimum Gasteiger partial charge on any atom is -0.337 e. The average Bonchev–Trinajstić information content (AvgIpc) is 2.43. The molecule has 0 radical (unpaired) electrons. The number of urea groups is 1. The number of alkyl halides is 3. The summed E-state index contributed by atoms with van der Waals surface area (Å²) in [5.41, 5.74) is -0.943. The summed E-state index contributed by atoms with van der Waals surface area (Å²) in [6.07, 6.45) is -4.57. The van der Waals surface area contributed by atoms with Crippen molar-refractivity contribution in [2.24, 2.45) is 0 Å². The second-order valence-corrected chi connectivity index (χ2v) is 6.41. The minimum atomic E-state index is -4.57. The van der Waals surface area contributed by atoms with Crippen LogP contribution in [0.25, 0.3) is 0 Å². The molecule has 136 valence electrons. The maximum Gasteiger partial charge on any atom is 0.417 e. The molecule has 2 N–H and O–H groups in total. The summed E-state index contributed by atoms with van der Waals surface area (Å²) in [7, 11) is 0. The number of anilines is 1. The molecule has 0 aliphatic rings. The van der Waals surface area contributed by atoms with Crippen molar-refractivity contribution < 1.29 is 18.0 Å². The van der Waals surface area contributed by atoms with Crippen molar-refractivity contribution in [1.82, 2.24) is 10.2 Å². The number of nitrogens with one attached hydrogen (secondary N) is 2. The Morgan fingerprint density at radius 1 is 1.21 bits per heavy atom. The van der Waals surface area contributed by atoms with Crippen molar-refractivity contribution in [3.8, 4) is 0 Å². The Labute approximate surface area is 145 Å². The summed E-state index contributed by atoms with van der Waals surface area (Å²) < 4.78 is 38.4. The SMILES string of the molecule is CC(C)N(CCNC(=O)Nc1ccc(Cl)c(C(F)(F)F)c1)C(C)C. The lowest BCUT2D eigenvalue weighted by Crippen LogP contribution is -2.43. The van der Waals surface area contributed by atoms with Gasteiger partial charge in [-0.3, -0.25) is 4.90 Å². The number of hydrogen-bond acceptors (Lipinski definition) is 2. The number of halogens is 4. The molecular weight excluding hydrogens is 343 g/mol. The standard InChI is InChI=1S/C16H23ClF3N3O/c1-10(2)23(11(3)4)8-7-21-15(24)22-12-5-6-14(17)13(9-12)16(18,19)20/h5-6,9-11H,7-8H2,1-4H3,(H2,21,22,24). The molecule has 0 aliphatic carbocycles. The molecule has 0 saturated heterocycles. The molecule has 0 saturated carbocycles. The lowest BCUT2D eigenvalue weighted by molar-refractivity contribution is -0.137. The van der Waals surface area contributed by atoms with Crippen LogP contribution in [0.1, 0.15) is 33.3 Å². The van der Waals surface area contributed by atoms with Crippen molar-refractivity contribution in [3.05, 3.63) is 28.8 Å². The van der Waals surface area contributed by atoms with Crippen LogP contribution in [0.2, 0.25) is 5.02 Å². The molecule has 24 heavy (non-hydrogen) atoms. The van der Waals surface area contributed by atoms with Crippen LogP contribution in [0.3, 0.4) is 0 Å². The van der Waals surface area contributed by atoms with Gasteiger partial charge in [-0.25, -0.2) is 4.79 Å². The van der Waals surface area contributed by atoms with Gasteiger partial charge in [0.25, 0.3) is 0 Å². The number of carbonyl (C=O) groups is 1. The van der Waals surface area contributed by atoms with Crippen LogP contribution < -0.4 is 10.6 Å². The molecule has 0 aromatic heterocycles. The van der Waals surface area contributed by atoms with Crippen molar-refractivity contribution >= 4 is 23.3 Å².